The van der Waals surface area contributed by atoms with Crippen LogP contribution in [0.1, 0.15) is 16.1 Å². The summed E-state index contributed by atoms with van der Waals surface area (Å²) in [6, 6.07) is 12.0. The van der Waals surface area contributed by atoms with Crippen LogP contribution in [0, 0.1) is 17.0 Å². The molecule has 2 aromatic carbocycles. The first-order valence-corrected chi connectivity index (χ1v) is 11.3. The molecule has 3 aromatic rings. The summed E-state index contributed by atoms with van der Waals surface area (Å²) in [4.78, 5) is 31.0. The standard InChI is InChI=1S/C21H20N4O4S2/c1-14-13-30-21(22-14)31-19-7-6-15(12-18(19)25(27)28)20(26)23-16-4-2-3-5-17(16)24-8-10-29-11-9-24/h2-7,12-13H,8-11H2,1H3,(H,23,26). The predicted octanol–water partition coefficient (Wildman–Crippen LogP) is 4.60. The zero-order chi connectivity index (χ0) is 21.8. The topological polar surface area (TPSA) is 97.6 Å². The van der Waals surface area contributed by atoms with E-state index in [1.807, 2.05) is 36.6 Å². The van der Waals surface area contributed by atoms with E-state index in [0.717, 1.165) is 28.8 Å². The van der Waals surface area contributed by atoms with Crippen LogP contribution in [0.2, 0.25) is 0 Å². The van der Waals surface area contributed by atoms with Crippen molar-refractivity contribution in [3.05, 3.63) is 69.2 Å². The summed E-state index contributed by atoms with van der Waals surface area (Å²) >= 11 is 2.65. The van der Waals surface area contributed by atoms with Crippen LogP contribution < -0.4 is 10.2 Å². The molecule has 0 spiro atoms. The van der Waals surface area contributed by atoms with Gasteiger partial charge in [0.15, 0.2) is 4.34 Å². The number of morpholine rings is 1. The number of para-hydroxylation sites is 2. The molecule has 4 rings (SSSR count). The molecule has 10 heteroatoms. The normalized spacial score (nSPS) is 13.8. The second kappa shape index (κ2) is 9.46. The molecule has 2 heterocycles. The van der Waals surface area contributed by atoms with Gasteiger partial charge in [-0.15, -0.1) is 11.3 Å². The first kappa shape index (κ1) is 21.3. The number of hydrogen-bond donors (Lipinski definition) is 1. The molecule has 1 N–H and O–H groups in total. The number of thiazole rings is 1. The molecule has 0 bridgehead atoms. The van der Waals surface area contributed by atoms with Crippen LogP contribution in [0.5, 0.6) is 0 Å². The van der Waals surface area contributed by atoms with Gasteiger partial charge in [0, 0.05) is 35.8 Å². The summed E-state index contributed by atoms with van der Waals surface area (Å²) in [5.41, 5.74) is 2.54. The molecule has 1 saturated heterocycles. The number of rotatable bonds is 6. The van der Waals surface area contributed by atoms with Gasteiger partial charge < -0.3 is 15.0 Å². The summed E-state index contributed by atoms with van der Waals surface area (Å²) in [5.74, 6) is -0.398. The van der Waals surface area contributed by atoms with Gasteiger partial charge in [-0.1, -0.05) is 23.9 Å². The first-order chi connectivity index (χ1) is 15.0. The minimum absolute atomic E-state index is 0.119. The fraction of sp³-hybridized carbons (Fsp3) is 0.238. The highest BCUT2D eigenvalue weighted by atomic mass is 32.2. The van der Waals surface area contributed by atoms with Crippen LogP contribution in [0.3, 0.4) is 0 Å². The number of amides is 1. The maximum Gasteiger partial charge on any atom is 0.284 e. The van der Waals surface area contributed by atoms with E-state index in [1.165, 1.54) is 29.2 Å². The van der Waals surface area contributed by atoms with Gasteiger partial charge in [-0.3, -0.25) is 14.9 Å². The highest BCUT2D eigenvalue weighted by molar-refractivity contribution is 8.01. The van der Waals surface area contributed by atoms with Gasteiger partial charge >= 0.3 is 0 Å². The van der Waals surface area contributed by atoms with E-state index in [1.54, 1.807) is 12.1 Å². The molecular formula is C21H20N4O4S2. The van der Waals surface area contributed by atoms with Crippen molar-refractivity contribution in [2.75, 3.05) is 36.5 Å². The van der Waals surface area contributed by atoms with E-state index in [4.69, 9.17) is 4.74 Å². The summed E-state index contributed by atoms with van der Waals surface area (Å²) in [6.07, 6.45) is 0. The number of carbonyl (C=O) groups is 1. The molecule has 1 amide bonds. The van der Waals surface area contributed by atoms with E-state index in [2.05, 4.69) is 15.2 Å². The smallest absolute Gasteiger partial charge is 0.284 e. The monoisotopic (exact) mass is 456 g/mol. The number of anilines is 2. The van der Waals surface area contributed by atoms with Gasteiger partial charge in [0.1, 0.15) is 0 Å². The largest absolute Gasteiger partial charge is 0.378 e. The third kappa shape index (κ3) is 5.04. The molecule has 0 unspecified atom stereocenters. The van der Waals surface area contributed by atoms with Gasteiger partial charge in [0.05, 0.1) is 34.4 Å². The number of nitro groups is 1. The Kier molecular flexibility index (Phi) is 6.50. The molecule has 0 atom stereocenters. The number of nitrogens with zero attached hydrogens (tertiary/aromatic N) is 3. The highest BCUT2D eigenvalue weighted by Crippen LogP contribution is 2.37. The Balaban J connectivity index is 1.56. The van der Waals surface area contributed by atoms with Crippen molar-refractivity contribution in [3.8, 4) is 0 Å². The Morgan fingerprint density at radius 2 is 2.03 bits per heavy atom. The lowest BCUT2D eigenvalue weighted by Gasteiger charge is -2.30. The van der Waals surface area contributed by atoms with Gasteiger partial charge in [-0.2, -0.15) is 0 Å². The van der Waals surface area contributed by atoms with Gasteiger partial charge in [0.2, 0.25) is 0 Å². The second-order valence-corrected chi connectivity index (χ2v) is 9.01. The zero-order valence-electron chi connectivity index (χ0n) is 16.7. The van der Waals surface area contributed by atoms with E-state index in [0.29, 0.717) is 23.8 Å². The Morgan fingerprint density at radius 1 is 1.26 bits per heavy atom. The summed E-state index contributed by atoms with van der Waals surface area (Å²) < 4.78 is 6.12. The van der Waals surface area contributed by atoms with E-state index < -0.39 is 10.8 Å². The van der Waals surface area contributed by atoms with Crippen LogP contribution >= 0.6 is 23.1 Å². The van der Waals surface area contributed by atoms with Crippen LogP contribution in [0.25, 0.3) is 0 Å². The number of aryl methyl sites for hydroxylation is 1. The Morgan fingerprint density at radius 3 is 2.74 bits per heavy atom. The first-order valence-electron chi connectivity index (χ1n) is 9.63. The van der Waals surface area contributed by atoms with Crippen molar-refractivity contribution in [2.45, 2.75) is 16.2 Å². The van der Waals surface area contributed by atoms with Crippen LogP contribution in [-0.2, 0) is 4.74 Å². The van der Waals surface area contributed by atoms with Gasteiger partial charge in [-0.05, 0) is 31.2 Å². The van der Waals surface area contributed by atoms with Crippen molar-refractivity contribution in [2.24, 2.45) is 0 Å². The molecule has 0 aliphatic carbocycles. The minimum atomic E-state index is -0.471. The molecule has 1 aliphatic rings. The molecule has 31 heavy (non-hydrogen) atoms. The average Bonchev–Trinajstić information content (AvgIpc) is 3.19. The lowest BCUT2D eigenvalue weighted by Crippen LogP contribution is -2.36. The SMILES string of the molecule is Cc1csc(Sc2ccc(C(=O)Nc3ccccc3N3CCOCC3)cc2[N+](=O)[O-])n1. The lowest BCUT2D eigenvalue weighted by molar-refractivity contribution is -0.387. The van der Waals surface area contributed by atoms with Crippen LogP contribution in [0.15, 0.2) is 57.1 Å². The van der Waals surface area contributed by atoms with Crippen LogP contribution in [-0.4, -0.2) is 42.1 Å². The minimum Gasteiger partial charge on any atom is -0.378 e. The van der Waals surface area contributed by atoms with Crippen molar-refractivity contribution in [1.29, 1.82) is 0 Å². The van der Waals surface area contributed by atoms with Gasteiger partial charge in [0.25, 0.3) is 11.6 Å². The number of aromatic nitrogens is 1. The Labute approximate surface area is 187 Å². The summed E-state index contributed by atoms with van der Waals surface area (Å²) in [5, 5.41) is 16.4. The molecule has 8 nitrogen and oxygen atoms in total. The van der Waals surface area contributed by atoms with Gasteiger partial charge in [-0.25, -0.2) is 4.98 Å². The molecular weight excluding hydrogens is 436 g/mol. The summed E-state index contributed by atoms with van der Waals surface area (Å²) in [6.45, 7) is 4.61. The van der Waals surface area contributed by atoms with Crippen molar-refractivity contribution < 1.29 is 14.5 Å². The molecule has 1 aromatic heterocycles. The van der Waals surface area contributed by atoms with Crippen molar-refractivity contribution >= 4 is 46.1 Å². The third-order valence-electron chi connectivity index (χ3n) is 4.72. The zero-order valence-corrected chi connectivity index (χ0v) is 18.4. The number of hydrogen-bond acceptors (Lipinski definition) is 8. The van der Waals surface area contributed by atoms with Crippen molar-refractivity contribution in [3.63, 3.8) is 0 Å². The highest BCUT2D eigenvalue weighted by Gasteiger charge is 2.21. The average molecular weight is 457 g/mol. The number of ether oxygens (including phenoxy) is 1. The predicted molar refractivity (Wildman–Crippen MR) is 121 cm³/mol. The number of nitrogens with one attached hydrogen (secondary N) is 1. The Bertz CT molecular complexity index is 1110. The molecule has 0 radical (unpaired) electrons. The fourth-order valence-electron chi connectivity index (χ4n) is 3.21. The number of nitro benzene ring substituents is 1. The molecule has 1 fully saturated rings. The maximum atomic E-state index is 12.9. The van der Waals surface area contributed by atoms with E-state index >= 15 is 0 Å². The quantitative estimate of drug-likeness (QED) is 0.428. The lowest BCUT2D eigenvalue weighted by atomic mass is 10.1. The van der Waals surface area contributed by atoms with E-state index in [9.17, 15) is 14.9 Å². The number of benzene rings is 2. The fourth-order valence-corrected chi connectivity index (χ4v) is 5.09. The molecule has 1 aliphatic heterocycles. The van der Waals surface area contributed by atoms with E-state index in [-0.39, 0.29) is 11.3 Å². The third-order valence-corrected chi connectivity index (χ3v) is 6.84. The molecule has 0 saturated carbocycles. The second-order valence-electron chi connectivity index (χ2n) is 6.87. The van der Waals surface area contributed by atoms with Crippen LogP contribution in [0.4, 0.5) is 17.1 Å². The number of carbonyl (C=O) groups excluding carboxylic acids is 1. The van der Waals surface area contributed by atoms with Crippen molar-refractivity contribution in [1.82, 2.24) is 4.98 Å². The maximum absolute atomic E-state index is 12.9. The molecule has 160 valence electrons. The Hall–Kier alpha value is -2.95. The summed E-state index contributed by atoms with van der Waals surface area (Å²) in [7, 11) is 0.